The summed E-state index contributed by atoms with van der Waals surface area (Å²) in [5.74, 6) is 0. The molecule has 0 aliphatic heterocycles. The molecule has 10 heavy (non-hydrogen) atoms. The Bertz CT molecular complexity index is 88.9. The van der Waals surface area contributed by atoms with Crippen molar-refractivity contribution < 1.29 is 0 Å². The van der Waals surface area contributed by atoms with Crippen LogP contribution in [-0.4, -0.2) is 19.5 Å². The highest BCUT2D eigenvalue weighted by Crippen LogP contribution is 1.88. The van der Waals surface area contributed by atoms with Crippen LogP contribution in [0.5, 0.6) is 0 Å². The third-order valence-electron chi connectivity index (χ3n) is 0.914. The van der Waals surface area contributed by atoms with E-state index in [-0.39, 0.29) is 0 Å². The summed E-state index contributed by atoms with van der Waals surface area (Å²) in [6.45, 7) is 6.68. The monoisotopic (exact) mass is 143 g/mol. The van der Waals surface area contributed by atoms with Crippen molar-refractivity contribution in [3.63, 3.8) is 0 Å². The summed E-state index contributed by atoms with van der Waals surface area (Å²) in [5.41, 5.74) is 3.92. The molecule has 0 aliphatic carbocycles. The van der Waals surface area contributed by atoms with Crippen molar-refractivity contribution in [2.24, 2.45) is 5.10 Å². The standard InChI is InChI=1S/C6H14N2.CH3N/c1-4-5-6(2)8-7-3;1-2/h7H,4-5H2,1-3H3;2H,1H2/b8-6-;. The minimum Gasteiger partial charge on any atom is -0.317 e. The lowest BCUT2D eigenvalue weighted by Gasteiger charge is -1.93. The molecule has 0 fully saturated rings. The predicted molar refractivity (Wildman–Crippen MR) is 46.9 cm³/mol. The Balaban J connectivity index is 0. The minimum absolute atomic E-state index is 1.10. The molecule has 0 bridgehead atoms. The van der Waals surface area contributed by atoms with E-state index >= 15 is 0 Å². The Labute approximate surface area is 63.0 Å². The molecule has 0 saturated heterocycles. The average molecular weight is 143 g/mol. The van der Waals surface area contributed by atoms with Gasteiger partial charge in [0.15, 0.2) is 0 Å². The normalized spacial score (nSPS) is 9.70. The molecule has 0 rings (SSSR count). The molecule has 0 aromatic carbocycles. The fraction of sp³-hybridized carbons (Fsp3) is 0.714. The Morgan fingerprint density at radius 1 is 1.60 bits per heavy atom. The van der Waals surface area contributed by atoms with Crippen LogP contribution in [0, 0.1) is 5.41 Å². The van der Waals surface area contributed by atoms with Crippen LogP contribution in [0.15, 0.2) is 5.10 Å². The first-order chi connectivity index (χ1) is 4.81. The van der Waals surface area contributed by atoms with Gasteiger partial charge in [0.25, 0.3) is 0 Å². The highest BCUT2D eigenvalue weighted by Gasteiger charge is 1.84. The fourth-order valence-electron chi connectivity index (χ4n) is 0.609. The summed E-state index contributed by atoms with van der Waals surface area (Å²) in [5, 5.41) is 9.48. The molecule has 0 radical (unpaired) electrons. The molecule has 0 saturated carbocycles. The molecule has 60 valence electrons. The smallest absolute Gasteiger partial charge is 0.0347 e. The third-order valence-corrected chi connectivity index (χ3v) is 0.914. The Hall–Kier alpha value is -0.860. The number of rotatable bonds is 3. The van der Waals surface area contributed by atoms with Crippen molar-refractivity contribution in [2.45, 2.75) is 26.7 Å². The molecule has 2 N–H and O–H groups in total. The molecule has 0 heterocycles. The SMILES string of the molecule is C=N.CCC/C(C)=N\NC. The first-order valence-corrected chi connectivity index (χ1v) is 3.36. The van der Waals surface area contributed by atoms with E-state index in [0.29, 0.717) is 0 Å². The van der Waals surface area contributed by atoms with E-state index < -0.39 is 0 Å². The summed E-state index contributed by atoms with van der Waals surface area (Å²) in [4.78, 5) is 0. The quantitative estimate of drug-likeness (QED) is 0.458. The van der Waals surface area contributed by atoms with Crippen molar-refractivity contribution in [1.29, 1.82) is 5.41 Å². The van der Waals surface area contributed by atoms with Gasteiger partial charge in [-0.25, -0.2) is 0 Å². The number of hydrogen-bond donors (Lipinski definition) is 2. The Morgan fingerprint density at radius 2 is 2.10 bits per heavy atom. The average Bonchev–Trinajstić information content (AvgIpc) is 1.93. The molecule has 3 nitrogen and oxygen atoms in total. The molecular weight excluding hydrogens is 126 g/mol. The van der Waals surface area contributed by atoms with E-state index in [2.05, 4.69) is 24.2 Å². The molecule has 0 aromatic heterocycles. The lowest BCUT2D eigenvalue weighted by Crippen LogP contribution is -2.00. The van der Waals surface area contributed by atoms with Crippen molar-refractivity contribution in [1.82, 2.24) is 5.43 Å². The number of hydrogen-bond acceptors (Lipinski definition) is 3. The van der Waals surface area contributed by atoms with Gasteiger partial charge in [-0.05, 0) is 20.1 Å². The van der Waals surface area contributed by atoms with Gasteiger partial charge in [0.05, 0.1) is 0 Å². The summed E-state index contributed by atoms with van der Waals surface area (Å²) in [6.07, 6.45) is 2.28. The first-order valence-electron chi connectivity index (χ1n) is 3.36. The second-order valence-corrected chi connectivity index (χ2v) is 1.82. The zero-order valence-corrected chi connectivity index (χ0v) is 7.07. The maximum absolute atomic E-state index is 5.50. The van der Waals surface area contributed by atoms with Crippen LogP contribution < -0.4 is 5.43 Å². The van der Waals surface area contributed by atoms with Crippen LogP contribution >= 0.6 is 0 Å². The molecule has 0 unspecified atom stereocenters. The molecular formula is C7H17N3. The fourth-order valence-corrected chi connectivity index (χ4v) is 0.609. The number of hydrazone groups is 1. The van der Waals surface area contributed by atoms with Crippen LogP contribution in [0.2, 0.25) is 0 Å². The third kappa shape index (κ3) is 10.2. The molecule has 0 aromatic rings. The lowest BCUT2D eigenvalue weighted by atomic mass is 10.2. The largest absolute Gasteiger partial charge is 0.317 e. The van der Waals surface area contributed by atoms with Crippen molar-refractivity contribution in [2.75, 3.05) is 7.05 Å². The van der Waals surface area contributed by atoms with E-state index in [9.17, 15) is 0 Å². The zero-order valence-electron chi connectivity index (χ0n) is 7.07. The van der Waals surface area contributed by atoms with Gasteiger partial charge in [-0.2, -0.15) is 5.10 Å². The topological polar surface area (TPSA) is 48.2 Å². The lowest BCUT2D eigenvalue weighted by molar-refractivity contribution is 0.874. The highest BCUT2D eigenvalue weighted by molar-refractivity contribution is 5.81. The summed E-state index contributed by atoms with van der Waals surface area (Å²) in [6, 6.07) is 0. The predicted octanol–water partition coefficient (Wildman–Crippen LogP) is 1.65. The second-order valence-electron chi connectivity index (χ2n) is 1.82. The van der Waals surface area contributed by atoms with Gasteiger partial charge in [-0.3, -0.25) is 0 Å². The van der Waals surface area contributed by atoms with Crippen LogP contribution in [0.25, 0.3) is 0 Å². The maximum Gasteiger partial charge on any atom is 0.0347 e. The van der Waals surface area contributed by atoms with Crippen LogP contribution in [0.4, 0.5) is 0 Å². The van der Waals surface area contributed by atoms with Gasteiger partial charge < -0.3 is 10.8 Å². The first kappa shape index (κ1) is 11.9. The Kier molecular flexibility index (Phi) is 13.1. The van der Waals surface area contributed by atoms with Gasteiger partial charge >= 0.3 is 0 Å². The van der Waals surface area contributed by atoms with E-state index in [1.807, 2.05) is 14.0 Å². The summed E-state index contributed by atoms with van der Waals surface area (Å²) < 4.78 is 0. The van der Waals surface area contributed by atoms with Crippen LogP contribution in [0.1, 0.15) is 26.7 Å². The van der Waals surface area contributed by atoms with Gasteiger partial charge in [-0.15, -0.1) is 0 Å². The van der Waals surface area contributed by atoms with E-state index in [1.165, 1.54) is 12.1 Å². The van der Waals surface area contributed by atoms with Gasteiger partial charge in [0, 0.05) is 12.8 Å². The van der Waals surface area contributed by atoms with Gasteiger partial charge in [0.1, 0.15) is 0 Å². The summed E-state index contributed by atoms with van der Waals surface area (Å²) in [7, 11) is 1.82. The molecule has 0 amide bonds. The zero-order chi connectivity index (χ0) is 8.41. The number of nitrogens with one attached hydrogen (secondary N) is 2. The molecule has 0 aliphatic rings. The van der Waals surface area contributed by atoms with Gasteiger partial charge in [0.2, 0.25) is 0 Å². The second kappa shape index (κ2) is 11.0. The molecule has 0 atom stereocenters. The van der Waals surface area contributed by atoms with E-state index in [4.69, 9.17) is 5.41 Å². The van der Waals surface area contributed by atoms with Crippen molar-refractivity contribution in [3.05, 3.63) is 0 Å². The maximum atomic E-state index is 5.50. The highest BCUT2D eigenvalue weighted by atomic mass is 15.3. The van der Waals surface area contributed by atoms with Crippen molar-refractivity contribution >= 4 is 12.4 Å². The van der Waals surface area contributed by atoms with Gasteiger partial charge in [-0.1, -0.05) is 13.3 Å². The van der Waals surface area contributed by atoms with E-state index in [0.717, 1.165) is 6.42 Å². The molecule has 0 spiro atoms. The Morgan fingerprint density at radius 3 is 2.40 bits per heavy atom. The van der Waals surface area contributed by atoms with E-state index in [1.54, 1.807) is 0 Å². The minimum atomic E-state index is 1.10. The molecule has 3 heteroatoms. The van der Waals surface area contributed by atoms with Crippen LogP contribution in [-0.2, 0) is 0 Å². The number of nitrogens with zero attached hydrogens (tertiary/aromatic N) is 1. The summed E-state index contributed by atoms with van der Waals surface area (Å²) >= 11 is 0. The van der Waals surface area contributed by atoms with Crippen molar-refractivity contribution in [3.8, 4) is 0 Å². The van der Waals surface area contributed by atoms with Crippen LogP contribution in [0.3, 0.4) is 0 Å².